The van der Waals surface area contributed by atoms with Crippen molar-refractivity contribution in [1.82, 2.24) is 4.90 Å². The Morgan fingerprint density at radius 3 is 2.81 bits per heavy atom. The van der Waals surface area contributed by atoms with Gasteiger partial charge < -0.3 is 10.6 Å². The number of nitrogens with two attached hydrogens (primary N) is 1. The van der Waals surface area contributed by atoms with Crippen LogP contribution in [-0.4, -0.2) is 30.6 Å². The van der Waals surface area contributed by atoms with Crippen molar-refractivity contribution in [3.05, 3.63) is 0 Å². The largest absolute Gasteiger partial charge is 0.330 e. The second-order valence-corrected chi connectivity index (χ2v) is 5.28. The van der Waals surface area contributed by atoms with Crippen LogP contribution in [0.15, 0.2) is 0 Å². The first-order valence-corrected chi connectivity index (χ1v) is 7.25. The van der Waals surface area contributed by atoms with E-state index in [2.05, 4.69) is 18.7 Å². The number of hydrogen-bond donors (Lipinski definition) is 1. The zero-order chi connectivity index (χ0) is 11.8. The Bertz CT molecular complexity index is 168. The zero-order valence-corrected chi connectivity index (χ0v) is 11.3. The quantitative estimate of drug-likeness (QED) is 0.723. The van der Waals surface area contributed by atoms with Crippen LogP contribution in [-0.2, 0) is 0 Å². The van der Waals surface area contributed by atoms with Crippen molar-refractivity contribution in [3.63, 3.8) is 0 Å². The van der Waals surface area contributed by atoms with E-state index in [1.54, 1.807) is 0 Å². The fourth-order valence-electron chi connectivity index (χ4n) is 2.98. The minimum Gasteiger partial charge on any atom is -0.330 e. The van der Waals surface area contributed by atoms with E-state index < -0.39 is 0 Å². The van der Waals surface area contributed by atoms with Gasteiger partial charge in [0, 0.05) is 12.6 Å². The van der Waals surface area contributed by atoms with Gasteiger partial charge in [-0.3, -0.25) is 0 Å². The monoisotopic (exact) mass is 226 g/mol. The van der Waals surface area contributed by atoms with Crippen molar-refractivity contribution in [1.29, 1.82) is 0 Å². The third-order valence-corrected chi connectivity index (χ3v) is 4.00. The average Bonchev–Trinajstić information content (AvgIpc) is 2.31. The Labute approximate surface area is 102 Å². The van der Waals surface area contributed by atoms with Gasteiger partial charge in [-0.05, 0) is 51.1 Å². The SMILES string of the molecule is CCCCC(CC)N1CCCC(CCN)C1. The second kappa shape index (κ2) is 8.08. The van der Waals surface area contributed by atoms with E-state index >= 15 is 0 Å². The normalized spacial score (nSPS) is 24.6. The number of unbranched alkanes of at least 4 members (excludes halogenated alkanes) is 1. The van der Waals surface area contributed by atoms with Gasteiger partial charge in [-0.2, -0.15) is 0 Å². The van der Waals surface area contributed by atoms with Crippen LogP contribution in [0.1, 0.15) is 58.8 Å². The highest BCUT2D eigenvalue weighted by Gasteiger charge is 2.23. The molecule has 0 aliphatic carbocycles. The minimum absolute atomic E-state index is 0.834. The third-order valence-electron chi connectivity index (χ3n) is 4.00. The first-order valence-electron chi connectivity index (χ1n) is 7.25. The molecule has 1 saturated heterocycles. The molecule has 0 aromatic carbocycles. The van der Waals surface area contributed by atoms with Crippen molar-refractivity contribution >= 4 is 0 Å². The van der Waals surface area contributed by atoms with Gasteiger partial charge in [-0.1, -0.05) is 26.7 Å². The van der Waals surface area contributed by atoms with Crippen LogP contribution in [0.4, 0.5) is 0 Å². The molecule has 0 bridgehead atoms. The molecule has 1 heterocycles. The lowest BCUT2D eigenvalue weighted by atomic mass is 9.92. The van der Waals surface area contributed by atoms with Gasteiger partial charge in [0.1, 0.15) is 0 Å². The summed E-state index contributed by atoms with van der Waals surface area (Å²) in [6.45, 7) is 8.12. The van der Waals surface area contributed by atoms with Crippen molar-refractivity contribution in [2.45, 2.75) is 64.8 Å². The molecule has 1 rings (SSSR count). The van der Waals surface area contributed by atoms with Gasteiger partial charge in [0.15, 0.2) is 0 Å². The fourth-order valence-corrected chi connectivity index (χ4v) is 2.98. The summed E-state index contributed by atoms with van der Waals surface area (Å²) in [4.78, 5) is 2.74. The first-order chi connectivity index (χ1) is 7.81. The lowest BCUT2D eigenvalue weighted by molar-refractivity contribution is 0.110. The van der Waals surface area contributed by atoms with Crippen LogP contribution in [0.3, 0.4) is 0 Å². The number of nitrogens with zero attached hydrogens (tertiary/aromatic N) is 1. The maximum atomic E-state index is 5.68. The summed E-state index contributed by atoms with van der Waals surface area (Å²) < 4.78 is 0. The van der Waals surface area contributed by atoms with E-state index in [-0.39, 0.29) is 0 Å². The van der Waals surface area contributed by atoms with Gasteiger partial charge in [0.2, 0.25) is 0 Å². The Morgan fingerprint density at radius 1 is 1.38 bits per heavy atom. The highest BCUT2D eigenvalue weighted by atomic mass is 15.2. The number of rotatable bonds is 7. The van der Waals surface area contributed by atoms with Crippen LogP contribution in [0, 0.1) is 5.92 Å². The van der Waals surface area contributed by atoms with Gasteiger partial charge in [-0.25, -0.2) is 0 Å². The van der Waals surface area contributed by atoms with E-state index in [4.69, 9.17) is 5.73 Å². The first kappa shape index (κ1) is 14.0. The Morgan fingerprint density at radius 2 is 2.19 bits per heavy atom. The van der Waals surface area contributed by atoms with Gasteiger partial charge >= 0.3 is 0 Å². The molecule has 96 valence electrons. The summed E-state index contributed by atoms with van der Waals surface area (Å²) in [5.41, 5.74) is 5.68. The van der Waals surface area contributed by atoms with Crippen LogP contribution in [0.25, 0.3) is 0 Å². The zero-order valence-electron chi connectivity index (χ0n) is 11.3. The summed E-state index contributed by atoms with van der Waals surface area (Å²) >= 11 is 0. The molecular weight excluding hydrogens is 196 g/mol. The highest BCUT2D eigenvalue weighted by Crippen LogP contribution is 2.23. The van der Waals surface area contributed by atoms with Gasteiger partial charge in [0.05, 0.1) is 0 Å². The van der Waals surface area contributed by atoms with Crippen LogP contribution in [0.5, 0.6) is 0 Å². The highest BCUT2D eigenvalue weighted by molar-refractivity contribution is 4.78. The molecule has 0 aromatic heterocycles. The maximum absolute atomic E-state index is 5.68. The Balaban J connectivity index is 2.37. The molecule has 1 aliphatic rings. The van der Waals surface area contributed by atoms with E-state index in [1.165, 1.54) is 58.0 Å². The van der Waals surface area contributed by atoms with Crippen LogP contribution >= 0.6 is 0 Å². The number of likely N-dealkylation sites (tertiary alicyclic amines) is 1. The molecular formula is C14H30N2. The average molecular weight is 226 g/mol. The van der Waals surface area contributed by atoms with Gasteiger partial charge in [-0.15, -0.1) is 0 Å². The smallest absolute Gasteiger partial charge is 0.00927 e. The molecule has 2 N–H and O–H groups in total. The summed E-state index contributed by atoms with van der Waals surface area (Å²) in [7, 11) is 0. The molecule has 1 fully saturated rings. The molecule has 0 saturated carbocycles. The molecule has 2 unspecified atom stereocenters. The lowest BCUT2D eigenvalue weighted by Crippen LogP contribution is -2.42. The fraction of sp³-hybridized carbons (Fsp3) is 1.00. The molecule has 16 heavy (non-hydrogen) atoms. The van der Waals surface area contributed by atoms with Crippen molar-refractivity contribution < 1.29 is 0 Å². The van der Waals surface area contributed by atoms with E-state index in [0.29, 0.717) is 0 Å². The summed E-state index contributed by atoms with van der Waals surface area (Å²) in [6.07, 6.45) is 9.43. The van der Waals surface area contributed by atoms with Gasteiger partial charge in [0.25, 0.3) is 0 Å². The topological polar surface area (TPSA) is 29.3 Å². The molecule has 2 nitrogen and oxygen atoms in total. The standard InChI is InChI=1S/C14H30N2/c1-3-5-8-14(4-2)16-11-6-7-13(12-16)9-10-15/h13-14H,3-12,15H2,1-2H3. The Hall–Kier alpha value is -0.0800. The Kier molecular flexibility index (Phi) is 7.06. The van der Waals surface area contributed by atoms with Crippen molar-refractivity contribution in [2.75, 3.05) is 19.6 Å². The van der Waals surface area contributed by atoms with E-state index in [1.807, 2.05) is 0 Å². The molecule has 0 aromatic rings. The summed E-state index contributed by atoms with van der Waals surface area (Å²) in [5.74, 6) is 0.870. The molecule has 0 spiro atoms. The summed E-state index contributed by atoms with van der Waals surface area (Å²) in [6, 6.07) is 0.834. The molecule has 2 atom stereocenters. The number of piperidine rings is 1. The lowest BCUT2D eigenvalue weighted by Gasteiger charge is -2.38. The molecule has 1 aliphatic heterocycles. The van der Waals surface area contributed by atoms with E-state index in [9.17, 15) is 0 Å². The third kappa shape index (κ3) is 4.42. The maximum Gasteiger partial charge on any atom is 0.00927 e. The number of hydrogen-bond acceptors (Lipinski definition) is 2. The second-order valence-electron chi connectivity index (χ2n) is 5.28. The molecule has 0 radical (unpaired) electrons. The minimum atomic E-state index is 0.834. The molecule has 0 amide bonds. The summed E-state index contributed by atoms with van der Waals surface area (Å²) in [5, 5.41) is 0. The predicted molar refractivity (Wildman–Crippen MR) is 71.6 cm³/mol. The van der Waals surface area contributed by atoms with Crippen LogP contribution < -0.4 is 5.73 Å². The molecule has 2 heteroatoms. The van der Waals surface area contributed by atoms with Crippen molar-refractivity contribution in [2.24, 2.45) is 11.7 Å². The predicted octanol–water partition coefficient (Wildman–Crippen LogP) is 3.02. The van der Waals surface area contributed by atoms with E-state index in [0.717, 1.165) is 18.5 Å². The van der Waals surface area contributed by atoms with Crippen molar-refractivity contribution in [3.8, 4) is 0 Å². The van der Waals surface area contributed by atoms with Crippen LogP contribution in [0.2, 0.25) is 0 Å².